The number of piperidine rings is 1. The van der Waals surface area contributed by atoms with Crippen LogP contribution < -0.4 is 10.1 Å². The van der Waals surface area contributed by atoms with Gasteiger partial charge in [0.25, 0.3) is 0 Å². The minimum atomic E-state index is -0.257. The van der Waals surface area contributed by atoms with E-state index in [0.717, 1.165) is 45.7 Å². The molecule has 1 saturated heterocycles. The average Bonchev–Trinajstić information content (AvgIpc) is 2.81. The number of benzene rings is 1. The first kappa shape index (κ1) is 21.6. The second kappa shape index (κ2) is 8.94. The lowest BCUT2D eigenvalue weighted by Gasteiger charge is -2.41. The Bertz CT molecular complexity index is 1170. The summed E-state index contributed by atoms with van der Waals surface area (Å²) in [5.74, 6) is 1.30. The minimum absolute atomic E-state index is 0.147. The van der Waals surface area contributed by atoms with E-state index in [-0.39, 0.29) is 24.1 Å². The fourth-order valence-electron chi connectivity index (χ4n) is 4.70. The third-order valence-corrected chi connectivity index (χ3v) is 6.65. The van der Waals surface area contributed by atoms with E-state index in [1.165, 1.54) is 0 Å². The van der Waals surface area contributed by atoms with Crippen LogP contribution in [-0.4, -0.2) is 64.2 Å². The third kappa shape index (κ3) is 4.35. The molecule has 5 rings (SSSR count). The largest absolute Gasteiger partial charge is 0.492 e. The number of ether oxygens (including phenoxy) is 2. The maximum atomic E-state index is 12.8. The van der Waals surface area contributed by atoms with Gasteiger partial charge in [-0.05, 0) is 51.9 Å². The predicted octanol–water partition coefficient (Wildman–Crippen LogP) is 3.59. The lowest BCUT2D eigenvalue weighted by atomic mass is 9.92. The van der Waals surface area contributed by atoms with Gasteiger partial charge in [-0.15, -0.1) is 0 Å². The highest BCUT2D eigenvalue weighted by molar-refractivity contribution is 5.94. The molecule has 1 fully saturated rings. The lowest BCUT2D eigenvalue weighted by Crippen LogP contribution is -2.53. The Hall–Kier alpha value is -3.26. The average molecular weight is 448 g/mol. The fourth-order valence-corrected chi connectivity index (χ4v) is 4.70. The monoisotopic (exact) mass is 447 g/mol. The summed E-state index contributed by atoms with van der Waals surface area (Å²) in [5, 5.41) is 4.54. The number of cyclic esters (lactones) is 1. The maximum Gasteiger partial charge on any atom is 0.323 e. The molecular formula is C25H29N5O3. The lowest BCUT2D eigenvalue weighted by molar-refractivity contribution is -0.152. The van der Waals surface area contributed by atoms with E-state index in [9.17, 15) is 4.79 Å². The van der Waals surface area contributed by atoms with E-state index in [1.807, 2.05) is 44.7 Å². The molecule has 2 aromatic heterocycles. The molecule has 172 valence electrons. The highest BCUT2D eigenvalue weighted by atomic mass is 16.5. The van der Waals surface area contributed by atoms with Crippen LogP contribution in [0.25, 0.3) is 22.0 Å². The van der Waals surface area contributed by atoms with Crippen molar-refractivity contribution < 1.29 is 14.3 Å². The number of aromatic nitrogens is 3. The van der Waals surface area contributed by atoms with Gasteiger partial charge in [0, 0.05) is 47.4 Å². The van der Waals surface area contributed by atoms with Crippen LogP contribution in [-0.2, 0) is 9.53 Å². The van der Waals surface area contributed by atoms with Crippen molar-refractivity contribution in [1.29, 1.82) is 0 Å². The summed E-state index contributed by atoms with van der Waals surface area (Å²) in [6.07, 6.45) is 7.71. The standard InChI is InChI=1S/C25H29N5O3/c1-15-9-18-11-23(30(15)3)25(31)33-8-4-7-32-24-20(17-12-26-16(2)27-13-17)5-6-22-21(24)10-19(29-18)14-28-22/h5-6,10,12-15,18,23,29H,4,7-9,11H2,1-3H3. The number of nitrogens with zero attached hydrogens (tertiary/aromatic N) is 4. The van der Waals surface area contributed by atoms with Crippen LogP contribution in [0.1, 0.15) is 32.0 Å². The molecule has 8 nitrogen and oxygen atoms in total. The summed E-state index contributed by atoms with van der Waals surface area (Å²) in [6.45, 7) is 4.76. The van der Waals surface area contributed by atoms with E-state index in [1.54, 1.807) is 0 Å². The molecule has 0 radical (unpaired) electrons. The number of anilines is 1. The molecular weight excluding hydrogens is 418 g/mol. The van der Waals surface area contributed by atoms with E-state index in [0.29, 0.717) is 26.1 Å². The van der Waals surface area contributed by atoms with Crippen LogP contribution in [0.4, 0.5) is 5.69 Å². The summed E-state index contributed by atoms with van der Waals surface area (Å²) in [4.78, 5) is 28.3. The molecule has 0 saturated carbocycles. The number of fused-ring (bicyclic) bond motifs is 3. The van der Waals surface area contributed by atoms with E-state index >= 15 is 0 Å². The maximum absolute atomic E-state index is 12.8. The molecule has 4 bridgehead atoms. The zero-order valence-corrected chi connectivity index (χ0v) is 19.2. The van der Waals surface area contributed by atoms with Crippen molar-refractivity contribution in [3.05, 3.63) is 42.6 Å². The van der Waals surface area contributed by atoms with Gasteiger partial charge in [-0.25, -0.2) is 9.97 Å². The summed E-state index contributed by atoms with van der Waals surface area (Å²) in [7, 11) is 2.00. The fraction of sp³-hybridized carbons (Fsp3) is 0.440. The quantitative estimate of drug-likeness (QED) is 0.566. The zero-order chi connectivity index (χ0) is 22.9. The van der Waals surface area contributed by atoms with Gasteiger partial charge in [0.2, 0.25) is 0 Å². The Labute approximate surface area is 193 Å². The van der Waals surface area contributed by atoms with Crippen molar-refractivity contribution in [2.45, 2.75) is 51.2 Å². The SMILES string of the molecule is Cc1ncc(-c2ccc3ncc4cc3c2OCCCOC(=O)C2CC(CC(C)N2C)N4)cn1. The number of aryl methyl sites for hydroxylation is 1. The van der Waals surface area contributed by atoms with Gasteiger partial charge in [-0.2, -0.15) is 0 Å². The van der Waals surface area contributed by atoms with Crippen LogP contribution in [0.3, 0.4) is 0 Å². The first-order chi connectivity index (χ1) is 16.0. The van der Waals surface area contributed by atoms with Crippen LogP contribution in [0.15, 0.2) is 36.8 Å². The van der Waals surface area contributed by atoms with Crippen LogP contribution >= 0.6 is 0 Å². The third-order valence-electron chi connectivity index (χ3n) is 6.65. The second-order valence-corrected chi connectivity index (χ2v) is 8.96. The van der Waals surface area contributed by atoms with Crippen molar-refractivity contribution >= 4 is 22.6 Å². The second-order valence-electron chi connectivity index (χ2n) is 8.96. The molecule has 0 spiro atoms. The number of likely N-dealkylation sites (tertiary alicyclic amines) is 1. The summed E-state index contributed by atoms with van der Waals surface area (Å²) >= 11 is 0. The predicted molar refractivity (Wildman–Crippen MR) is 126 cm³/mol. The minimum Gasteiger partial charge on any atom is -0.492 e. The molecule has 33 heavy (non-hydrogen) atoms. The summed E-state index contributed by atoms with van der Waals surface area (Å²) in [6, 6.07) is 6.25. The highest BCUT2D eigenvalue weighted by Gasteiger charge is 2.36. The molecule has 4 heterocycles. The molecule has 3 atom stereocenters. The van der Waals surface area contributed by atoms with Crippen molar-refractivity contribution in [2.75, 3.05) is 25.6 Å². The molecule has 0 aliphatic carbocycles. The smallest absolute Gasteiger partial charge is 0.323 e. The van der Waals surface area contributed by atoms with Crippen LogP contribution in [0.2, 0.25) is 0 Å². The number of pyridine rings is 1. The van der Waals surface area contributed by atoms with Gasteiger partial charge in [-0.1, -0.05) is 0 Å². The van der Waals surface area contributed by atoms with Crippen molar-refractivity contribution in [3.63, 3.8) is 0 Å². The number of hydrogen-bond acceptors (Lipinski definition) is 8. The summed E-state index contributed by atoms with van der Waals surface area (Å²) < 4.78 is 11.9. The molecule has 1 N–H and O–H groups in total. The Kier molecular flexibility index (Phi) is 5.85. The van der Waals surface area contributed by atoms with Gasteiger partial charge in [0.15, 0.2) is 0 Å². The normalized spacial score (nSPS) is 24.0. The number of carbonyl (C=O) groups is 1. The van der Waals surface area contributed by atoms with E-state index in [2.05, 4.69) is 33.2 Å². The highest BCUT2D eigenvalue weighted by Crippen LogP contribution is 2.37. The zero-order valence-electron chi connectivity index (χ0n) is 19.2. The topological polar surface area (TPSA) is 89.5 Å². The molecule has 2 aliphatic rings. The van der Waals surface area contributed by atoms with Crippen LogP contribution in [0, 0.1) is 6.92 Å². The number of carbonyl (C=O) groups excluding carboxylic acids is 1. The van der Waals surface area contributed by atoms with Gasteiger partial charge >= 0.3 is 5.97 Å². The Morgan fingerprint density at radius 2 is 1.85 bits per heavy atom. The number of likely N-dealkylation sites (N-methyl/N-ethyl adjacent to an activating group) is 1. The van der Waals surface area contributed by atoms with Crippen molar-refractivity contribution in [3.8, 4) is 16.9 Å². The molecule has 0 amide bonds. The Morgan fingerprint density at radius 1 is 1.06 bits per heavy atom. The first-order valence-electron chi connectivity index (χ1n) is 11.5. The van der Waals surface area contributed by atoms with Gasteiger partial charge in [0.05, 0.1) is 30.6 Å². The van der Waals surface area contributed by atoms with Gasteiger partial charge in [-0.3, -0.25) is 14.7 Å². The summed E-state index contributed by atoms with van der Waals surface area (Å²) in [5.41, 5.74) is 3.57. The molecule has 2 aliphatic heterocycles. The van der Waals surface area contributed by atoms with Gasteiger partial charge < -0.3 is 14.8 Å². The molecule has 8 heteroatoms. The van der Waals surface area contributed by atoms with Crippen molar-refractivity contribution in [2.24, 2.45) is 0 Å². The Balaban J connectivity index is 1.57. The van der Waals surface area contributed by atoms with Crippen LogP contribution in [0.5, 0.6) is 5.75 Å². The number of hydrogen-bond donors (Lipinski definition) is 1. The molecule has 1 aromatic carbocycles. The Morgan fingerprint density at radius 3 is 2.67 bits per heavy atom. The molecule has 3 aromatic rings. The molecule has 3 unspecified atom stereocenters. The number of esters is 1. The van der Waals surface area contributed by atoms with E-state index in [4.69, 9.17) is 14.5 Å². The van der Waals surface area contributed by atoms with E-state index < -0.39 is 0 Å². The number of nitrogens with one attached hydrogen (secondary N) is 1. The first-order valence-corrected chi connectivity index (χ1v) is 11.5. The van der Waals surface area contributed by atoms with Gasteiger partial charge in [0.1, 0.15) is 17.6 Å². The number of rotatable bonds is 1. The van der Waals surface area contributed by atoms with Crippen molar-refractivity contribution in [1.82, 2.24) is 19.9 Å².